The summed E-state index contributed by atoms with van der Waals surface area (Å²) in [6.45, 7) is 12.0. The zero-order valence-corrected chi connectivity index (χ0v) is 19.2. The Labute approximate surface area is 185 Å². The van der Waals surface area contributed by atoms with E-state index in [1.807, 2.05) is 18.2 Å². The summed E-state index contributed by atoms with van der Waals surface area (Å²) in [6.07, 6.45) is 2.76. The number of ether oxygens (including phenoxy) is 2. The van der Waals surface area contributed by atoms with E-state index in [0.717, 1.165) is 30.3 Å². The van der Waals surface area contributed by atoms with Gasteiger partial charge in [0.25, 0.3) is 0 Å². The highest BCUT2D eigenvalue weighted by Gasteiger charge is 2.22. The molecule has 2 heterocycles. The molecule has 0 bridgehead atoms. The van der Waals surface area contributed by atoms with Gasteiger partial charge < -0.3 is 19.7 Å². The first kappa shape index (κ1) is 21.5. The van der Waals surface area contributed by atoms with Gasteiger partial charge in [-0.2, -0.15) is 0 Å². The number of carbonyl (C=O) groups excluding carboxylic acids is 1. The van der Waals surface area contributed by atoms with Crippen molar-refractivity contribution in [1.29, 1.82) is 0 Å². The van der Waals surface area contributed by atoms with Crippen molar-refractivity contribution < 1.29 is 14.3 Å². The molecule has 2 aromatic rings. The zero-order valence-electron chi connectivity index (χ0n) is 19.2. The van der Waals surface area contributed by atoms with Crippen molar-refractivity contribution in [3.8, 4) is 11.5 Å². The van der Waals surface area contributed by atoms with Crippen LogP contribution in [0.4, 0.5) is 5.69 Å². The Morgan fingerprint density at radius 3 is 2.55 bits per heavy atom. The first-order chi connectivity index (χ1) is 14.8. The van der Waals surface area contributed by atoms with Crippen LogP contribution in [0, 0.1) is 5.92 Å². The number of rotatable bonds is 5. The number of amides is 1. The average Bonchev–Trinajstić information content (AvgIpc) is 3.20. The number of carbonyl (C=O) groups is 1. The average molecular weight is 423 g/mol. The summed E-state index contributed by atoms with van der Waals surface area (Å²) in [4.78, 5) is 15.1. The molecule has 5 nitrogen and oxygen atoms in total. The van der Waals surface area contributed by atoms with E-state index < -0.39 is 0 Å². The summed E-state index contributed by atoms with van der Waals surface area (Å²) in [5.74, 6) is 2.25. The van der Waals surface area contributed by atoms with E-state index in [1.165, 1.54) is 29.7 Å². The predicted octanol–water partition coefficient (Wildman–Crippen LogP) is 4.81. The number of hydrogen-bond donors (Lipinski definition) is 1. The topological polar surface area (TPSA) is 50.8 Å². The van der Waals surface area contributed by atoms with E-state index in [9.17, 15) is 4.79 Å². The second-order valence-corrected chi connectivity index (χ2v) is 9.90. The van der Waals surface area contributed by atoms with Crippen LogP contribution in [-0.4, -0.2) is 25.8 Å². The number of piperidine rings is 1. The molecule has 1 fully saturated rings. The fourth-order valence-corrected chi connectivity index (χ4v) is 4.22. The lowest BCUT2D eigenvalue weighted by atomic mass is 9.85. The Morgan fingerprint density at radius 2 is 1.81 bits per heavy atom. The van der Waals surface area contributed by atoms with Gasteiger partial charge in [-0.3, -0.25) is 4.79 Å². The highest BCUT2D eigenvalue weighted by atomic mass is 16.7. The number of nitrogens with zero attached hydrogens (tertiary/aromatic N) is 1. The van der Waals surface area contributed by atoms with Crippen LogP contribution in [0.3, 0.4) is 0 Å². The molecule has 0 saturated carbocycles. The van der Waals surface area contributed by atoms with E-state index in [1.54, 1.807) is 0 Å². The molecule has 0 aromatic heterocycles. The minimum absolute atomic E-state index is 0.0111. The van der Waals surface area contributed by atoms with Crippen LogP contribution in [0.25, 0.3) is 0 Å². The monoisotopic (exact) mass is 422 g/mol. The van der Waals surface area contributed by atoms with Gasteiger partial charge in [-0.05, 0) is 59.1 Å². The minimum Gasteiger partial charge on any atom is -0.454 e. The van der Waals surface area contributed by atoms with Crippen molar-refractivity contribution in [2.75, 3.05) is 24.8 Å². The first-order valence-corrected chi connectivity index (χ1v) is 11.3. The fourth-order valence-electron chi connectivity index (χ4n) is 4.22. The predicted molar refractivity (Wildman–Crippen MR) is 124 cm³/mol. The molecule has 1 N–H and O–H groups in total. The number of anilines is 1. The quantitative estimate of drug-likeness (QED) is 0.751. The normalized spacial score (nSPS) is 16.5. The van der Waals surface area contributed by atoms with Gasteiger partial charge >= 0.3 is 0 Å². The van der Waals surface area contributed by atoms with Crippen molar-refractivity contribution in [3.63, 3.8) is 0 Å². The van der Waals surface area contributed by atoms with Crippen molar-refractivity contribution >= 4 is 11.6 Å². The van der Waals surface area contributed by atoms with Crippen LogP contribution in [0.5, 0.6) is 11.5 Å². The third-order valence-corrected chi connectivity index (χ3v) is 6.35. The molecule has 2 aliphatic rings. The van der Waals surface area contributed by atoms with Crippen LogP contribution in [-0.2, 0) is 23.2 Å². The smallest absolute Gasteiger partial charge is 0.231 e. The molecular weight excluding hydrogens is 388 g/mol. The molecule has 166 valence electrons. The molecule has 1 saturated heterocycles. The van der Waals surface area contributed by atoms with Crippen molar-refractivity contribution in [3.05, 3.63) is 53.1 Å². The van der Waals surface area contributed by atoms with Crippen molar-refractivity contribution in [2.24, 2.45) is 5.92 Å². The van der Waals surface area contributed by atoms with E-state index in [-0.39, 0.29) is 18.1 Å². The van der Waals surface area contributed by atoms with Crippen LogP contribution in [0.15, 0.2) is 36.4 Å². The zero-order chi connectivity index (χ0) is 22.0. The minimum atomic E-state index is 0.0111. The lowest BCUT2D eigenvalue weighted by molar-refractivity contribution is -0.120. The van der Waals surface area contributed by atoms with Gasteiger partial charge in [-0.15, -0.1) is 0 Å². The number of hydrogen-bond acceptors (Lipinski definition) is 4. The Hall–Kier alpha value is -2.69. The third-order valence-electron chi connectivity index (χ3n) is 6.35. The molecule has 2 aliphatic heterocycles. The van der Waals surface area contributed by atoms with E-state index in [4.69, 9.17) is 9.47 Å². The summed E-state index contributed by atoms with van der Waals surface area (Å²) < 4.78 is 10.8. The number of fused-ring (bicyclic) bond motifs is 1. The van der Waals surface area contributed by atoms with Gasteiger partial charge in [0.1, 0.15) is 0 Å². The van der Waals surface area contributed by atoms with Crippen LogP contribution < -0.4 is 19.7 Å². The maximum atomic E-state index is 12.6. The number of nitrogens with one attached hydrogen (secondary N) is 1. The van der Waals surface area contributed by atoms with Crippen LogP contribution >= 0.6 is 0 Å². The van der Waals surface area contributed by atoms with Gasteiger partial charge in [0, 0.05) is 25.3 Å². The summed E-state index contributed by atoms with van der Waals surface area (Å²) >= 11 is 0. The molecule has 1 amide bonds. The maximum absolute atomic E-state index is 12.6. The molecule has 5 heteroatoms. The van der Waals surface area contributed by atoms with Gasteiger partial charge in [0.05, 0.1) is 6.42 Å². The van der Waals surface area contributed by atoms with Gasteiger partial charge in [-0.1, -0.05) is 45.9 Å². The Kier molecular flexibility index (Phi) is 6.12. The second kappa shape index (κ2) is 8.81. The highest BCUT2D eigenvalue weighted by molar-refractivity contribution is 5.79. The molecule has 31 heavy (non-hydrogen) atoms. The maximum Gasteiger partial charge on any atom is 0.231 e. The van der Waals surface area contributed by atoms with Gasteiger partial charge in [0.15, 0.2) is 11.5 Å². The molecule has 0 unspecified atom stereocenters. The van der Waals surface area contributed by atoms with Gasteiger partial charge in [-0.25, -0.2) is 0 Å². The third kappa shape index (κ3) is 5.15. The Balaban J connectivity index is 1.46. The number of benzene rings is 2. The van der Waals surface area contributed by atoms with E-state index in [2.05, 4.69) is 56.1 Å². The summed E-state index contributed by atoms with van der Waals surface area (Å²) in [6, 6.07) is 12.4. The largest absolute Gasteiger partial charge is 0.454 e. The molecule has 0 aliphatic carbocycles. The molecule has 2 aromatic carbocycles. The summed E-state index contributed by atoms with van der Waals surface area (Å²) in [5.41, 5.74) is 4.80. The summed E-state index contributed by atoms with van der Waals surface area (Å²) in [5, 5.41) is 3.12. The fraction of sp³-hybridized carbons (Fsp3) is 0.500. The second-order valence-electron chi connectivity index (χ2n) is 9.90. The molecule has 4 rings (SSSR count). The Bertz CT molecular complexity index is 940. The van der Waals surface area contributed by atoms with Crippen LogP contribution in [0.1, 0.15) is 57.2 Å². The van der Waals surface area contributed by atoms with Crippen LogP contribution in [0.2, 0.25) is 0 Å². The summed E-state index contributed by atoms with van der Waals surface area (Å²) in [7, 11) is 0. The molecule has 0 atom stereocenters. The van der Waals surface area contributed by atoms with Crippen molar-refractivity contribution in [1.82, 2.24) is 5.32 Å². The first-order valence-electron chi connectivity index (χ1n) is 11.3. The van der Waals surface area contributed by atoms with Gasteiger partial charge in [0.2, 0.25) is 12.7 Å². The molecule has 0 radical (unpaired) electrons. The molecule has 0 spiro atoms. The van der Waals surface area contributed by atoms with E-state index in [0.29, 0.717) is 18.7 Å². The lowest BCUT2D eigenvalue weighted by Crippen LogP contribution is -2.34. The van der Waals surface area contributed by atoms with Crippen molar-refractivity contribution in [2.45, 2.75) is 58.9 Å². The highest BCUT2D eigenvalue weighted by Crippen LogP contribution is 2.33. The van der Waals surface area contributed by atoms with E-state index >= 15 is 0 Å². The standard InChI is InChI=1S/C26H34N2O3/c1-18-9-11-28(12-10-18)22-15-21(26(2,3)4)7-6-20(22)16-27-25(29)14-19-5-8-23-24(13-19)31-17-30-23/h5-8,13,15,18H,9-12,14,16-17H2,1-4H3,(H,27,29). The molecular formula is C26H34N2O3. The SMILES string of the molecule is CC1CCN(c2cc(C(C)(C)C)ccc2CNC(=O)Cc2ccc3c(c2)OCO3)CC1. The Morgan fingerprint density at radius 1 is 1.06 bits per heavy atom. The lowest BCUT2D eigenvalue weighted by Gasteiger charge is -2.34.